The van der Waals surface area contributed by atoms with E-state index >= 15 is 0 Å². The second-order valence-electron chi connectivity index (χ2n) is 6.32. The molecule has 0 spiro atoms. The van der Waals surface area contributed by atoms with Gasteiger partial charge in [-0.1, -0.05) is 24.3 Å². The molecule has 0 unspecified atom stereocenters. The first-order valence-electron chi connectivity index (χ1n) is 8.42. The lowest BCUT2D eigenvalue weighted by Gasteiger charge is -2.30. The zero-order valence-corrected chi connectivity index (χ0v) is 14.1. The van der Waals surface area contributed by atoms with Crippen molar-refractivity contribution in [2.75, 3.05) is 16.8 Å². The van der Waals surface area contributed by atoms with E-state index in [9.17, 15) is 4.79 Å². The Bertz CT molecular complexity index is 898. The molecule has 1 aliphatic heterocycles. The van der Waals surface area contributed by atoms with E-state index in [-0.39, 0.29) is 5.91 Å². The third-order valence-corrected chi connectivity index (χ3v) is 4.58. The van der Waals surface area contributed by atoms with Crippen LogP contribution in [0.2, 0.25) is 0 Å². The number of nitrogens with zero attached hydrogens (tertiary/aromatic N) is 3. The number of rotatable bonds is 3. The summed E-state index contributed by atoms with van der Waals surface area (Å²) in [7, 11) is 1.82. The van der Waals surface area contributed by atoms with Gasteiger partial charge in [0.2, 0.25) is 0 Å². The van der Waals surface area contributed by atoms with Crippen LogP contribution >= 0.6 is 0 Å². The summed E-state index contributed by atoms with van der Waals surface area (Å²) in [6, 6.07) is 18.1. The summed E-state index contributed by atoms with van der Waals surface area (Å²) in [5.41, 5.74) is 4.59. The number of anilines is 2. The van der Waals surface area contributed by atoms with Gasteiger partial charge in [0, 0.05) is 43.7 Å². The normalized spacial score (nSPS) is 13.4. The van der Waals surface area contributed by atoms with Crippen LogP contribution < -0.4 is 10.2 Å². The number of carbonyl (C=O) groups excluding carboxylic acids is 1. The van der Waals surface area contributed by atoms with Gasteiger partial charge in [0.1, 0.15) is 0 Å². The minimum absolute atomic E-state index is 0.144. The average molecular weight is 332 g/mol. The predicted molar refractivity (Wildman–Crippen MR) is 98.8 cm³/mol. The van der Waals surface area contributed by atoms with E-state index in [2.05, 4.69) is 39.6 Å². The quantitative estimate of drug-likeness (QED) is 0.801. The largest absolute Gasteiger partial charge is 0.367 e. The van der Waals surface area contributed by atoms with Crippen LogP contribution in [0, 0.1) is 0 Å². The van der Waals surface area contributed by atoms with E-state index in [0.29, 0.717) is 11.4 Å². The molecule has 0 radical (unpaired) electrons. The van der Waals surface area contributed by atoms with Crippen molar-refractivity contribution in [3.05, 3.63) is 77.5 Å². The Morgan fingerprint density at radius 2 is 1.80 bits per heavy atom. The van der Waals surface area contributed by atoms with Crippen molar-refractivity contribution in [1.82, 2.24) is 9.78 Å². The van der Waals surface area contributed by atoms with Gasteiger partial charge in [-0.2, -0.15) is 5.10 Å². The molecule has 3 aromatic rings. The molecular formula is C20H20N4O. The molecule has 5 heteroatoms. The standard InChI is InChI=1S/C20H20N4O/c1-23-12-11-19(22-23)21-20(25)16-6-8-18(9-7-16)24-13-10-15-4-2-3-5-17(15)14-24/h2-9,11-12H,10,13-14H2,1H3,(H,21,22,25). The van der Waals surface area contributed by atoms with Crippen LogP contribution in [0.3, 0.4) is 0 Å². The van der Waals surface area contributed by atoms with Gasteiger partial charge < -0.3 is 10.2 Å². The molecule has 1 amide bonds. The van der Waals surface area contributed by atoms with Crippen LogP contribution in [0.4, 0.5) is 11.5 Å². The number of hydrogen-bond acceptors (Lipinski definition) is 3. The predicted octanol–water partition coefficient (Wildman–Crippen LogP) is 3.24. The minimum atomic E-state index is -0.144. The number of aryl methyl sites for hydroxylation is 1. The number of aromatic nitrogens is 2. The highest BCUT2D eigenvalue weighted by Gasteiger charge is 2.16. The van der Waals surface area contributed by atoms with E-state index in [1.165, 1.54) is 11.1 Å². The molecule has 1 N–H and O–H groups in total. The van der Waals surface area contributed by atoms with Gasteiger partial charge in [0.25, 0.3) is 5.91 Å². The van der Waals surface area contributed by atoms with Crippen LogP contribution in [0.25, 0.3) is 0 Å². The molecule has 5 nitrogen and oxygen atoms in total. The zero-order chi connectivity index (χ0) is 17.2. The van der Waals surface area contributed by atoms with E-state index < -0.39 is 0 Å². The third kappa shape index (κ3) is 3.26. The second kappa shape index (κ2) is 6.43. The molecule has 0 bridgehead atoms. The van der Waals surface area contributed by atoms with Gasteiger partial charge in [0.15, 0.2) is 5.82 Å². The van der Waals surface area contributed by atoms with E-state index in [0.717, 1.165) is 25.2 Å². The Balaban J connectivity index is 1.46. The summed E-state index contributed by atoms with van der Waals surface area (Å²) in [6.45, 7) is 1.91. The molecule has 1 aliphatic rings. The first-order valence-corrected chi connectivity index (χ1v) is 8.42. The number of hydrogen-bond donors (Lipinski definition) is 1. The van der Waals surface area contributed by atoms with Gasteiger partial charge in [0.05, 0.1) is 0 Å². The monoisotopic (exact) mass is 332 g/mol. The lowest BCUT2D eigenvalue weighted by Crippen LogP contribution is -2.30. The van der Waals surface area contributed by atoms with Crippen molar-refractivity contribution >= 4 is 17.4 Å². The number of nitrogens with one attached hydrogen (secondary N) is 1. The maximum Gasteiger partial charge on any atom is 0.256 e. The van der Waals surface area contributed by atoms with Crippen molar-refractivity contribution in [3.8, 4) is 0 Å². The highest BCUT2D eigenvalue weighted by Crippen LogP contribution is 2.24. The van der Waals surface area contributed by atoms with E-state index in [1.54, 1.807) is 16.9 Å². The lowest BCUT2D eigenvalue weighted by atomic mass is 9.99. The number of benzene rings is 2. The average Bonchev–Trinajstić information content (AvgIpc) is 3.06. The van der Waals surface area contributed by atoms with Crippen molar-refractivity contribution in [1.29, 1.82) is 0 Å². The second-order valence-corrected chi connectivity index (χ2v) is 6.32. The summed E-state index contributed by atoms with van der Waals surface area (Å²) in [6.07, 6.45) is 2.85. The van der Waals surface area contributed by atoms with Gasteiger partial charge in [-0.3, -0.25) is 9.48 Å². The zero-order valence-electron chi connectivity index (χ0n) is 14.1. The van der Waals surface area contributed by atoms with Crippen LogP contribution in [0.15, 0.2) is 60.8 Å². The van der Waals surface area contributed by atoms with Gasteiger partial charge in [-0.15, -0.1) is 0 Å². The maximum atomic E-state index is 12.3. The molecule has 0 saturated carbocycles. The summed E-state index contributed by atoms with van der Waals surface area (Å²) < 4.78 is 1.66. The molecule has 0 atom stereocenters. The Labute approximate surface area is 146 Å². The van der Waals surface area contributed by atoms with Gasteiger partial charge >= 0.3 is 0 Å². The minimum Gasteiger partial charge on any atom is -0.367 e. The molecule has 0 aliphatic carbocycles. The molecule has 2 aromatic carbocycles. The Hall–Kier alpha value is -3.08. The number of fused-ring (bicyclic) bond motifs is 1. The molecular weight excluding hydrogens is 312 g/mol. The van der Waals surface area contributed by atoms with Crippen molar-refractivity contribution in [2.45, 2.75) is 13.0 Å². The summed E-state index contributed by atoms with van der Waals surface area (Å²) in [4.78, 5) is 14.7. The summed E-state index contributed by atoms with van der Waals surface area (Å²) in [5.74, 6) is 0.415. The van der Waals surface area contributed by atoms with Crippen LogP contribution in [-0.2, 0) is 20.0 Å². The smallest absolute Gasteiger partial charge is 0.256 e. The molecule has 1 aromatic heterocycles. The van der Waals surface area contributed by atoms with Crippen LogP contribution in [0.1, 0.15) is 21.5 Å². The van der Waals surface area contributed by atoms with Crippen molar-refractivity contribution < 1.29 is 4.79 Å². The molecule has 25 heavy (non-hydrogen) atoms. The third-order valence-electron chi connectivity index (χ3n) is 4.58. The summed E-state index contributed by atoms with van der Waals surface area (Å²) >= 11 is 0. The fourth-order valence-corrected chi connectivity index (χ4v) is 3.21. The molecule has 2 heterocycles. The topological polar surface area (TPSA) is 50.2 Å². The highest BCUT2D eigenvalue weighted by molar-refractivity contribution is 6.03. The van der Waals surface area contributed by atoms with Crippen molar-refractivity contribution in [3.63, 3.8) is 0 Å². The molecule has 0 saturated heterocycles. The number of amides is 1. The SMILES string of the molecule is Cn1ccc(NC(=O)c2ccc(N3CCc4ccccc4C3)cc2)n1. The Morgan fingerprint density at radius 3 is 2.52 bits per heavy atom. The van der Waals surface area contributed by atoms with Crippen LogP contribution in [0.5, 0.6) is 0 Å². The molecule has 0 fully saturated rings. The van der Waals surface area contributed by atoms with Gasteiger partial charge in [-0.05, 0) is 41.8 Å². The van der Waals surface area contributed by atoms with Gasteiger partial charge in [-0.25, -0.2) is 0 Å². The molecule has 4 rings (SSSR count). The first-order chi connectivity index (χ1) is 12.2. The fraction of sp³-hybridized carbons (Fsp3) is 0.200. The Morgan fingerprint density at radius 1 is 1.04 bits per heavy atom. The summed E-state index contributed by atoms with van der Waals surface area (Å²) in [5, 5.41) is 6.97. The molecule has 126 valence electrons. The first kappa shape index (κ1) is 15.4. The van der Waals surface area contributed by atoms with E-state index in [1.807, 2.05) is 31.3 Å². The highest BCUT2D eigenvalue weighted by atomic mass is 16.1. The maximum absolute atomic E-state index is 12.3. The van der Waals surface area contributed by atoms with Crippen molar-refractivity contribution in [2.24, 2.45) is 7.05 Å². The van der Waals surface area contributed by atoms with Crippen LogP contribution in [-0.4, -0.2) is 22.2 Å². The Kier molecular flexibility index (Phi) is 3.98. The fourth-order valence-electron chi connectivity index (χ4n) is 3.21. The lowest BCUT2D eigenvalue weighted by molar-refractivity contribution is 0.102. The number of carbonyl (C=O) groups is 1. The van der Waals surface area contributed by atoms with E-state index in [4.69, 9.17) is 0 Å².